The Kier molecular flexibility index (Phi) is 4.31. The number of amides is 1. The first kappa shape index (κ1) is 13.0. The quantitative estimate of drug-likeness (QED) is 0.781. The third-order valence-corrected chi connectivity index (χ3v) is 3.39. The summed E-state index contributed by atoms with van der Waals surface area (Å²) in [5, 5.41) is 0. The van der Waals surface area contributed by atoms with Gasteiger partial charge in [0.2, 0.25) is 5.91 Å². The standard InChI is InChI=1S/C13H17ClN2O2/c1-18-12-4-2-3-11(9-12)15-5-7-16(8-6-15)13(17)10-14/h2-4,9H,5-8,10H2,1H3. The summed E-state index contributed by atoms with van der Waals surface area (Å²) in [5.41, 5.74) is 1.13. The molecule has 1 aromatic carbocycles. The fourth-order valence-electron chi connectivity index (χ4n) is 2.11. The molecule has 0 aromatic heterocycles. The molecule has 2 rings (SSSR count). The number of hydrogen-bond acceptors (Lipinski definition) is 3. The van der Waals surface area contributed by atoms with Crippen molar-refractivity contribution in [1.29, 1.82) is 0 Å². The van der Waals surface area contributed by atoms with Gasteiger partial charge in [-0.3, -0.25) is 4.79 Å². The maximum Gasteiger partial charge on any atom is 0.237 e. The molecule has 1 amide bonds. The van der Waals surface area contributed by atoms with E-state index in [1.807, 2.05) is 23.1 Å². The SMILES string of the molecule is COc1cccc(N2CCN(C(=O)CCl)CC2)c1. The lowest BCUT2D eigenvalue weighted by atomic mass is 10.2. The fourth-order valence-corrected chi connectivity index (χ4v) is 2.27. The predicted molar refractivity (Wildman–Crippen MR) is 72.5 cm³/mol. The van der Waals surface area contributed by atoms with Gasteiger partial charge in [-0.25, -0.2) is 0 Å². The second-order valence-electron chi connectivity index (χ2n) is 4.20. The van der Waals surface area contributed by atoms with Crippen LogP contribution in [0, 0.1) is 0 Å². The lowest BCUT2D eigenvalue weighted by molar-refractivity contribution is -0.128. The highest BCUT2D eigenvalue weighted by molar-refractivity contribution is 6.27. The number of ether oxygens (including phenoxy) is 1. The molecule has 1 fully saturated rings. The van der Waals surface area contributed by atoms with Crippen LogP contribution in [-0.4, -0.2) is 50.0 Å². The van der Waals surface area contributed by atoms with Gasteiger partial charge >= 0.3 is 0 Å². The number of methoxy groups -OCH3 is 1. The molecule has 18 heavy (non-hydrogen) atoms. The van der Waals surface area contributed by atoms with Crippen LogP contribution < -0.4 is 9.64 Å². The molecule has 0 spiro atoms. The molecule has 1 aromatic rings. The highest BCUT2D eigenvalue weighted by Crippen LogP contribution is 2.22. The highest BCUT2D eigenvalue weighted by Gasteiger charge is 2.20. The zero-order valence-corrected chi connectivity index (χ0v) is 11.2. The zero-order chi connectivity index (χ0) is 13.0. The van der Waals surface area contributed by atoms with Gasteiger partial charge in [0.1, 0.15) is 11.6 Å². The molecule has 0 bridgehead atoms. The van der Waals surface area contributed by atoms with Crippen LogP contribution in [0.5, 0.6) is 5.75 Å². The molecule has 98 valence electrons. The second-order valence-corrected chi connectivity index (χ2v) is 4.47. The van der Waals surface area contributed by atoms with E-state index in [0.717, 1.165) is 37.6 Å². The summed E-state index contributed by atoms with van der Waals surface area (Å²) in [7, 11) is 1.66. The molecule has 1 aliphatic rings. The van der Waals surface area contributed by atoms with Crippen LogP contribution in [0.1, 0.15) is 0 Å². The average Bonchev–Trinajstić information content (AvgIpc) is 2.46. The zero-order valence-electron chi connectivity index (χ0n) is 10.4. The summed E-state index contributed by atoms with van der Waals surface area (Å²) in [6, 6.07) is 7.97. The van der Waals surface area contributed by atoms with Crippen molar-refractivity contribution in [3.05, 3.63) is 24.3 Å². The summed E-state index contributed by atoms with van der Waals surface area (Å²) in [6.45, 7) is 3.11. The van der Waals surface area contributed by atoms with E-state index in [1.54, 1.807) is 7.11 Å². The number of rotatable bonds is 3. The van der Waals surface area contributed by atoms with E-state index in [4.69, 9.17) is 16.3 Å². The van der Waals surface area contributed by atoms with Crippen LogP contribution in [0.2, 0.25) is 0 Å². The third-order valence-electron chi connectivity index (χ3n) is 3.17. The Morgan fingerprint density at radius 1 is 1.33 bits per heavy atom. The maximum absolute atomic E-state index is 11.5. The van der Waals surface area contributed by atoms with Crippen molar-refractivity contribution in [3.8, 4) is 5.75 Å². The van der Waals surface area contributed by atoms with Crippen molar-refractivity contribution in [1.82, 2.24) is 4.90 Å². The summed E-state index contributed by atoms with van der Waals surface area (Å²) in [6.07, 6.45) is 0. The van der Waals surface area contributed by atoms with Crippen molar-refractivity contribution < 1.29 is 9.53 Å². The van der Waals surface area contributed by atoms with Gasteiger partial charge in [0, 0.05) is 37.9 Å². The van der Waals surface area contributed by atoms with Gasteiger partial charge in [0.15, 0.2) is 0 Å². The normalized spacial score (nSPS) is 15.7. The Balaban J connectivity index is 1.98. The lowest BCUT2D eigenvalue weighted by Gasteiger charge is -2.36. The van der Waals surface area contributed by atoms with Crippen LogP contribution >= 0.6 is 11.6 Å². The molecule has 0 N–H and O–H groups in total. The van der Waals surface area contributed by atoms with Crippen molar-refractivity contribution in [2.75, 3.05) is 44.1 Å². The minimum absolute atomic E-state index is 0.0157. The number of nitrogens with zero attached hydrogens (tertiary/aromatic N) is 2. The van der Waals surface area contributed by atoms with Crippen molar-refractivity contribution >= 4 is 23.2 Å². The molecule has 5 heteroatoms. The average molecular weight is 269 g/mol. The van der Waals surface area contributed by atoms with Crippen molar-refractivity contribution in [2.45, 2.75) is 0 Å². The number of hydrogen-bond donors (Lipinski definition) is 0. The summed E-state index contributed by atoms with van der Waals surface area (Å²) in [5.74, 6) is 0.938. The van der Waals surface area contributed by atoms with Gasteiger partial charge < -0.3 is 14.5 Å². The molecule has 1 aliphatic heterocycles. The van der Waals surface area contributed by atoms with E-state index in [-0.39, 0.29) is 11.8 Å². The minimum Gasteiger partial charge on any atom is -0.497 e. The summed E-state index contributed by atoms with van der Waals surface area (Å²) >= 11 is 5.56. The van der Waals surface area contributed by atoms with Gasteiger partial charge in [-0.05, 0) is 12.1 Å². The molecule has 1 heterocycles. The number of benzene rings is 1. The largest absolute Gasteiger partial charge is 0.497 e. The number of halogens is 1. The Hall–Kier alpha value is -1.42. The number of piperazine rings is 1. The Labute approximate surface area is 112 Å². The number of alkyl halides is 1. The number of anilines is 1. The van der Waals surface area contributed by atoms with Gasteiger partial charge in [0.25, 0.3) is 0 Å². The molecule has 0 unspecified atom stereocenters. The third kappa shape index (κ3) is 2.88. The predicted octanol–water partition coefficient (Wildman–Crippen LogP) is 1.58. The first-order chi connectivity index (χ1) is 8.74. The molecular weight excluding hydrogens is 252 g/mol. The first-order valence-corrected chi connectivity index (χ1v) is 6.51. The van der Waals surface area contributed by atoms with Crippen LogP contribution in [0.25, 0.3) is 0 Å². The lowest BCUT2D eigenvalue weighted by Crippen LogP contribution is -2.49. The number of carbonyl (C=O) groups excluding carboxylic acids is 1. The first-order valence-electron chi connectivity index (χ1n) is 5.97. The Bertz CT molecular complexity index is 417. The van der Waals surface area contributed by atoms with E-state index in [1.165, 1.54) is 0 Å². The van der Waals surface area contributed by atoms with Gasteiger partial charge in [0.05, 0.1) is 7.11 Å². The van der Waals surface area contributed by atoms with Crippen LogP contribution in [0.15, 0.2) is 24.3 Å². The maximum atomic E-state index is 11.5. The van der Waals surface area contributed by atoms with Gasteiger partial charge in [-0.1, -0.05) is 6.07 Å². The topological polar surface area (TPSA) is 32.8 Å². The highest BCUT2D eigenvalue weighted by atomic mass is 35.5. The van der Waals surface area contributed by atoms with Crippen LogP contribution in [-0.2, 0) is 4.79 Å². The van der Waals surface area contributed by atoms with Crippen LogP contribution in [0.3, 0.4) is 0 Å². The molecule has 4 nitrogen and oxygen atoms in total. The molecule has 0 radical (unpaired) electrons. The number of carbonyl (C=O) groups is 1. The van der Waals surface area contributed by atoms with Crippen molar-refractivity contribution in [3.63, 3.8) is 0 Å². The summed E-state index contributed by atoms with van der Waals surface area (Å²) in [4.78, 5) is 15.5. The summed E-state index contributed by atoms with van der Waals surface area (Å²) < 4.78 is 5.21. The van der Waals surface area contributed by atoms with E-state index < -0.39 is 0 Å². The smallest absolute Gasteiger partial charge is 0.237 e. The Morgan fingerprint density at radius 3 is 2.67 bits per heavy atom. The van der Waals surface area contributed by atoms with E-state index in [9.17, 15) is 4.79 Å². The van der Waals surface area contributed by atoms with Crippen molar-refractivity contribution in [2.24, 2.45) is 0 Å². The molecule has 0 saturated carbocycles. The molecular formula is C13H17ClN2O2. The van der Waals surface area contributed by atoms with Gasteiger partial charge in [-0.2, -0.15) is 0 Å². The second kappa shape index (κ2) is 5.96. The molecule has 1 saturated heterocycles. The minimum atomic E-state index is 0.0157. The van der Waals surface area contributed by atoms with Crippen LogP contribution in [0.4, 0.5) is 5.69 Å². The fraction of sp³-hybridized carbons (Fsp3) is 0.462. The Morgan fingerprint density at radius 2 is 2.06 bits per heavy atom. The van der Waals surface area contributed by atoms with E-state index in [0.29, 0.717) is 0 Å². The van der Waals surface area contributed by atoms with E-state index >= 15 is 0 Å². The van der Waals surface area contributed by atoms with E-state index in [2.05, 4.69) is 11.0 Å². The molecule has 0 atom stereocenters. The van der Waals surface area contributed by atoms with Gasteiger partial charge in [-0.15, -0.1) is 11.6 Å². The molecule has 0 aliphatic carbocycles. The monoisotopic (exact) mass is 268 g/mol.